The van der Waals surface area contributed by atoms with Gasteiger partial charge in [0, 0.05) is 38.3 Å². The number of nitrogens with zero attached hydrogens (tertiary/aromatic N) is 1. The maximum absolute atomic E-state index is 13.4. The number of hydrogen-bond acceptors (Lipinski definition) is 4. The molecule has 0 aromatic heterocycles. The first kappa shape index (κ1) is 22.6. The van der Waals surface area contributed by atoms with E-state index in [0.717, 1.165) is 39.1 Å². The van der Waals surface area contributed by atoms with Crippen molar-refractivity contribution in [3.8, 4) is 0 Å². The quantitative estimate of drug-likeness (QED) is 0.726. The topological polar surface area (TPSA) is 61.4 Å². The van der Waals surface area contributed by atoms with Gasteiger partial charge < -0.3 is 10.2 Å². The summed E-state index contributed by atoms with van der Waals surface area (Å²) in [4.78, 5) is 2.32. The van der Waals surface area contributed by atoms with E-state index in [1.165, 1.54) is 25.1 Å². The van der Waals surface area contributed by atoms with E-state index in [1.54, 1.807) is 0 Å². The number of rotatable bonds is 6. The molecule has 0 spiro atoms. The molecule has 5 nitrogen and oxygen atoms in total. The molecule has 9 heteroatoms. The summed E-state index contributed by atoms with van der Waals surface area (Å²) in [6.45, 7) is 6.66. The summed E-state index contributed by atoms with van der Waals surface area (Å²) < 4.78 is 40.3. The van der Waals surface area contributed by atoms with Gasteiger partial charge in [0.05, 0.1) is 4.90 Å². The van der Waals surface area contributed by atoms with E-state index in [9.17, 15) is 12.8 Å². The first-order valence-corrected chi connectivity index (χ1v) is 8.67. The average Bonchev–Trinajstić information content (AvgIpc) is 2.47. The lowest BCUT2D eigenvalue weighted by Gasteiger charge is -2.27. The Morgan fingerprint density at radius 3 is 2.57 bits per heavy atom. The monoisotopic (exact) mass is 387 g/mol. The smallest absolute Gasteiger partial charge is 0.240 e. The van der Waals surface area contributed by atoms with Crippen LogP contribution in [0.25, 0.3) is 0 Å². The molecule has 1 aliphatic rings. The van der Waals surface area contributed by atoms with Gasteiger partial charge >= 0.3 is 0 Å². The normalized spacial score (nSPS) is 15.6. The van der Waals surface area contributed by atoms with Gasteiger partial charge in [0.1, 0.15) is 5.82 Å². The van der Waals surface area contributed by atoms with Gasteiger partial charge in [0.15, 0.2) is 0 Å². The fourth-order valence-corrected chi connectivity index (χ4v) is 3.73. The van der Waals surface area contributed by atoms with Gasteiger partial charge in [-0.2, -0.15) is 0 Å². The summed E-state index contributed by atoms with van der Waals surface area (Å²) in [5.41, 5.74) is 0.159. The molecule has 134 valence electrons. The van der Waals surface area contributed by atoms with E-state index in [-0.39, 0.29) is 35.3 Å². The van der Waals surface area contributed by atoms with Crippen LogP contribution in [0.3, 0.4) is 0 Å². The van der Waals surface area contributed by atoms with Crippen molar-refractivity contribution in [2.75, 3.05) is 39.3 Å². The van der Waals surface area contributed by atoms with E-state index in [2.05, 4.69) is 14.9 Å². The van der Waals surface area contributed by atoms with Gasteiger partial charge in [-0.25, -0.2) is 17.5 Å². The Balaban J connectivity index is 0.00000242. The lowest BCUT2D eigenvalue weighted by atomic mass is 10.2. The highest BCUT2D eigenvalue weighted by Crippen LogP contribution is 2.17. The van der Waals surface area contributed by atoms with Crippen LogP contribution in [0.2, 0.25) is 0 Å². The zero-order chi connectivity index (χ0) is 15.3. The lowest BCUT2D eigenvalue weighted by molar-refractivity contribution is 0.239. The molecule has 1 saturated heterocycles. The Morgan fingerprint density at radius 1 is 1.26 bits per heavy atom. The van der Waals surface area contributed by atoms with Crippen LogP contribution >= 0.6 is 24.8 Å². The highest BCUT2D eigenvalue weighted by Gasteiger charge is 2.18. The Labute approximate surface area is 149 Å². The molecular formula is C14H24Cl2FN3O2S. The predicted molar refractivity (Wildman–Crippen MR) is 94.7 cm³/mol. The van der Waals surface area contributed by atoms with Crippen molar-refractivity contribution in [2.24, 2.45) is 0 Å². The summed E-state index contributed by atoms with van der Waals surface area (Å²) in [7, 11) is -3.64. The second-order valence-electron chi connectivity index (χ2n) is 5.21. The minimum absolute atomic E-state index is 0. The van der Waals surface area contributed by atoms with Gasteiger partial charge in [0.2, 0.25) is 10.0 Å². The molecule has 0 amide bonds. The van der Waals surface area contributed by atoms with Gasteiger partial charge in [-0.15, -0.1) is 24.8 Å². The van der Waals surface area contributed by atoms with Crippen molar-refractivity contribution in [1.82, 2.24) is 14.9 Å². The van der Waals surface area contributed by atoms with Crippen molar-refractivity contribution in [3.63, 3.8) is 0 Å². The molecule has 0 aliphatic carbocycles. The third-order valence-corrected chi connectivity index (χ3v) is 5.27. The highest BCUT2D eigenvalue weighted by atomic mass is 35.5. The van der Waals surface area contributed by atoms with Crippen molar-refractivity contribution in [3.05, 3.63) is 29.6 Å². The number of hydrogen-bond donors (Lipinski definition) is 2. The Morgan fingerprint density at radius 2 is 1.91 bits per heavy atom. The first-order chi connectivity index (χ1) is 10.0. The van der Waals surface area contributed by atoms with Gasteiger partial charge in [0.25, 0.3) is 0 Å². The van der Waals surface area contributed by atoms with Crippen LogP contribution in [0, 0.1) is 12.7 Å². The largest absolute Gasteiger partial charge is 0.314 e. The number of halogens is 3. The van der Waals surface area contributed by atoms with Crippen LogP contribution in [0.5, 0.6) is 0 Å². The highest BCUT2D eigenvalue weighted by molar-refractivity contribution is 7.89. The third-order valence-electron chi connectivity index (χ3n) is 3.66. The minimum atomic E-state index is -3.64. The minimum Gasteiger partial charge on any atom is -0.314 e. The zero-order valence-corrected chi connectivity index (χ0v) is 15.5. The van der Waals surface area contributed by atoms with Gasteiger partial charge in [-0.3, -0.25) is 0 Å². The molecule has 0 unspecified atom stereocenters. The Hall–Kier alpha value is -0.440. The summed E-state index contributed by atoms with van der Waals surface area (Å²) >= 11 is 0. The van der Waals surface area contributed by atoms with E-state index < -0.39 is 15.8 Å². The van der Waals surface area contributed by atoms with Crippen molar-refractivity contribution in [1.29, 1.82) is 0 Å². The molecule has 0 saturated carbocycles. The van der Waals surface area contributed by atoms with Crippen molar-refractivity contribution < 1.29 is 12.8 Å². The molecule has 1 aromatic rings. The fraction of sp³-hybridized carbons (Fsp3) is 0.571. The molecular weight excluding hydrogens is 364 g/mol. The first-order valence-electron chi connectivity index (χ1n) is 7.18. The maximum atomic E-state index is 13.4. The molecule has 23 heavy (non-hydrogen) atoms. The summed E-state index contributed by atoms with van der Waals surface area (Å²) in [5.74, 6) is -0.501. The summed E-state index contributed by atoms with van der Waals surface area (Å²) in [5, 5.41) is 3.27. The van der Waals surface area contributed by atoms with Gasteiger partial charge in [-0.1, -0.05) is 6.07 Å². The van der Waals surface area contributed by atoms with E-state index in [4.69, 9.17) is 0 Å². The lowest BCUT2D eigenvalue weighted by Crippen LogP contribution is -2.44. The molecule has 2 N–H and O–H groups in total. The molecule has 1 aromatic carbocycles. The molecule has 0 radical (unpaired) electrons. The third kappa shape index (κ3) is 6.52. The Kier molecular flexibility index (Phi) is 10.2. The molecule has 0 atom stereocenters. The van der Waals surface area contributed by atoms with Gasteiger partial charge in [-0.05, 0) is 32.0 Å². The van der Waals surface area contributed by atoms with Crippen LogP contribution < -0.4 is 10.0 Å². The average molecular weight is 388 g/mol. The van der Waals surface area contributed by atoms with Crippen LogP contribution in [0.1, 0.15) is 12.0 Å². The molecule has 0 bridgehead atoms. The van der Waals surface area contributed by atoms with Crippen molar-refractivity contribution >= 4 is 34.8 Å². The van der Waals surface area contributed by atoms with E-state index in [0.29, 0.717) is 6.54 Å². The number of nitrogens with one attached hydrogen (secondary N) is 2. The number of sulfonamides is 1. The standard InChI is InChI=1S/C14H22FN3O2S.2ClH/c1-12-13(15)4-2-5-14(12)21(19,20)17-6-3-9-18-10-7-16-8-11-18;;/h2,4-5,16-17H,3,6-11H2,1H3;2*1H. The second kappa shape index (κ2) is 10.4. The SMILES string of the molecule is Cc1c(F)cccc1S(=O)(=O)NCCCN1CCNCC1.Cl.Cl. The van der Waals surface area contributed by atoms with Crippen LogP contribution in [0.15, 0.2) is 23.1 Å². The Bertz CT molecular complexity index is 581. The predicted octanol–water partition coefficient (Wildman–Crippen LogP) is 1.55. The number of benzene rings is 1. The fourth-order valence-electron chi connectivity index (χ4n) is 2.40. The number of piperazine rings is 1. The molecule has 2 rings (SSSR count). The molecule has 1 heterocycles. The molecule has 1 fully saturated rings. The van der Waals surface area contributed by atoms with Crippen LogP contribution in [0.4, 0.5) is 4.39 Å². The summed E-state index contributed by atoms with van der Waals surface area (Å²) in [6.07, 6.45) is 0.744. The van der Waals surface area contributed by atoms with Crippen LogP contribution in [-0.4, -0.2) is 52.6 Å². The van der Waals surface area contributed by atoms with Crippen LogP contribution in [-0.2, 0) is 10.0 Å². The maximum Gasteiger partial charge on any atom is 0.240 e. The van der Waals surface area contributed by atoms with Crippen molar-refractivity contribution in [2.45, 2.75) is 18.2 Å². The molecule has 1 aliphatic heterocycles. The van der Waals surface area contributed by atoms with E-state index in [1.807, 2.05) is 0 Å². The zero-order valence-electron chi connectivity index (χ0n) is 13.0. The van der Waals surface area contributed by atoms with E-state index >= 15 is 0 Å². The summed E-state index contributed by atoms with van der Waals surface area (Å²) in [6, 6.07) is 4.10. The second-order valence-corrected chi connectivity index (χ2v) is 6.94.